The lowest BCUT2D eigenvalue weighted by Crippen LogP contribution is -2.16. The molecule has 0 atom stereocenters. The molecule has 0 aliphatic rings. The lowest BCUT2D eigenvalue weighted by atomic mass is 10.1. The van der Waals surface area contributed by atoms with Crippen LogP contribution in [0, 0.1) is 6.92 Å². The number of carbonyl (C=O) groups excluding carboxylic acids is 1. The molecule has 1 aromatic carbocycles. The lowest BCUT2D eigenvalue weighted by molar-refractivity contribution is -0.146. The molecule has 6 nitrogen and oxygen atoms in total. The van der Waals surface area contributed by atoms with Crippen LogP contribution in [0.3, 0.4) is 0 Å². The number of halogens is 3. The average molecular weight is 391 g/mol. The van der Waals surface area contributed by atoms with E-state index in [1.165, 1.54) is 19.4 Å². The van der Waals surface area contributed by atoms with E-state index in [1.54, 1.807) is 6.07 Å². The van der Waals surface area contributed by atoms with Gasteiger partial charge in [-0.05, 0) is 44.3 Å². The maximum absolute atomic E-state index is 13.1. The zero-order chi connectivity index (χ0) is 20.6. The molecule has 28 heavy (non-hydrogen) atoms. The van der Waals surface area contributed by atoms with E-state index in [-0.39, 0.29) is 16.6 Å². The fraction of sp³-hybridized carbons (Fsp3) is 0.316. The van der Waals surface area contributed by atoms with Crippen molar-refractivity contribution < 1.29 is 18.0 Å². The zero-order valence-electron chi connectivity index (χ0n) is 15.9. The van der Waals surface area contributed by atoms with E-state index in [9.17, 15) is 18.0 Å². The summed E-state index contributed by atoms with van der Waals surface area (Å²) in [5.41, 5.74) is 2.80. The fourth-order valence-electron chi connectivity index (χ4n) is 3.08. The lowest BCUT2D eigenvalue weighted by Gasteiger charge is -2.14. The second-order valence-corrected chi connectivity index (χ2v) is 6.88. The molecular weight excluding hydrogens is 371 g/mol. The minimum atomic E-state index is -4.62. The highest BCUT2D eigenvalue weighted by Crippen LogP contribution is 2.31. The highest BCUT2D eigenvalue weighted by Gasteiger charge is 2.37. The number of hydrogen-bond donors (Lipinski definition) is 1. The summed E-state index contributed by atoms with van der Waals surface area (Å²) in [4.78, 5) is 22.2. The number of pyridine rings is 1. The smallest absolute Gasteiger partial charge is 0.323 e. The molecule has 9 heteroatoms. The van der Waals surface area contributed by atoms with Crippen LogP contribution in [0.25, 0.3) is 11.0 Å². The van der Waals surface area contributed by atoms with Crippen LogP contribution in [-0.2, 0) is 19.8 Å². The Kier molecular flexibility index (Phi) is 5.12. The van der Waals surface area contributed by atoms with Gasteiger partial charge in [0.05, 0.1) is 17.3 Å². The van der Waals surface area contributed by atoms with Crippen molar-refractivity contribution >= 4 is 22.6 Å². The third-order valence-electron chi connectivity index (χ3n) is 4.36. The summed E-state index contributed by atoms with van der Waals surface area (Å²) in [5, 5.41) is 2.73. The summed E-state index contributed by atoms with van der Waals surface area (Å²) < 4.78 is 40.3. The number of alkyl halides is 3. The summed E-state index contributed by atoms with van der Waals surface area (Å²) in [7, 11) is 5.16. The Morgan fingerprint density at radius 1 is 1.25 bits per heavy atom. The third kappa shape index (κ3) is 3.84. The summed E-state index contributed by atoms with van der Waals surface area (Å²) >= 11 is 0. The standard InChI is InChI=1S/C19H20F3N5O/c1-11-7-13(6-5-12(11)10-26(2)3)24-17(28)14-8-23-9-15-16(14)27(4)18(25-15)19(20,21)22/h5-9H,10H2,1-4H3,(H,24,28). The Morgan fingerprint density at radius 2 is 1.96 bits per heavy atom. The monoisotopic (exact) mass is 391 g/mol. The number of imidazole rings is 1. The Morgan fingerprint density at radius 3 is 2.57 bits per heavy atom. The number of benzene rings is 1. The van der Waals surface area contributed by atoms with Crippen LogP contribution in [0.15, 0.2) is 30.6 Å². The molecule has 0 spiro atoms. The maximum atomic E-state index is 13.1. The first kappa shape index (κ1) is 19.8. The Hall–Kier alpha value is -2.94. The topological polar surface area (TPSA) is 63.1 Å². The number of hydrogen-bond acceptors (Lipinski definition) is 4. The SMILES string of the molecule is Cc1cc(NC(=O)c2cncc3nc(C(F)(F)F)n(C)c23)ccc1CN(C)C. The number of anilines is 1. The van der Waals surface area contributed by atoms with Crippen molar-refractivity contribution in [1.29, 1.82) is 0 Å². The molecule has 0 bridgehead atoms. The second kappa shape index (κ2) is 7.23. The average Bonchev–Trinajstić information content (AvgIpc) is 2.94. The van der Waals surface area contributed by atoms with Crippen molar-refractivity contribution in [1.82, 2.24) is 19.4 Å². The molecule has 3 aromatic rings. The number of amides is 1. The molecule has 2 heterocycles. The summed E-state index contributed by atoms with van der Waals surface area (Å²) in [6, 6.07) is 5.51. The first-order valence-electron chi connectivity index (χ1n) is 8.51. The molecule has 1 amide bonds. The van der Waals surface area contributed by atoms with E-state index in [0.717, 1.165) is 22.2 Å². The van der Waals surface area contributed by atoms with Gasteiger partial charge in [0.15, 0.2) is 0 Å². The van der Waals surface area contributed by atoms with Crippen LogP contribution < -0.4 is 5.32 Å². The molecule has 1 N–H and O–H groups in total. The number of aromatic nitrogens is 3. The van der Waals surface area contributed by atoms with Crippen molar-refractivity contribution in [2.24, 2.45) is 7.05 Å². The number of rotatable bonds is 4. The maximum Gasteiger partial charge on any atom is 0.449 e. The van der Waals surface area contributed by atoms with Crippen molar-refractivity contribution in [3.05, 3.63) is 53.1 Å². The zero-order valence-corrected chi connectivity index (χ0v) is 15.9. The summed E-state index contributed by atoms with van der Waals surface area (Å²) in [6.07, 6.45) is -2.17. The van der Waals surface area contributed by atoms with Crippen LogP contribution in [0.2, 0.25) is 0 Å². The van der Waals surface area contributed by atoms with Gasteiger partial charge in [-0.1, -0.05) is 6.07 Å². The normalized spacial score (nSPS) is 12.0. The molecule has 0 radical (unpaired) electrons. The summed E-state index contributed by atoms with van der Waals surface area (Å²) in [6.45, 7) is 2.70. The molecule has 3 rings (SSSR count). The van der Waals surface area contributed by atoms with E-state index < -0.39 is 17.9 Å². The number of fused-ring (bicyclic) bond motifs is 1. The Labute approximate surface area is 160 Å². The molecule has 2 aromatic heterocycles. The van der Waals surface area contributed by atoms with Crippen LogP contribution in [0.4, 0.5) is 18.9 Å². The van der Waals surface area contributed by atoms with E-state index in [2.05, 4.69) is 15.3 Å². The largest absolute Gasteiger partial charge is 0.449 e. The number of nitrogens with zero attached hydrogens (tertiary/aromatic N) is 4. The van der Waals surface area contributed by atoms with Gasteiger partial charge in [-0.15, -0.1) is 0 Å². The second-order valence-electron chi connectivity index (χ2n) is 6.88. The molecule has 0 saturated heterocycles. The van der Waals surface area contributed by atoms with Crippen molar-refractivity contribution in [3.63, 3.8) is 0 Å². The van der Waals surface area contributed by atoms with Crippen molar-refractivity contribution in [2.45, 2.75) is 19.6 Å². The number of nitrogens with one attached hydrogen (secondary N) is 1. The summed E-state index contributed by atoms with van der Waals surface area (Å²) in [5.74, 6) is -1.62. The highest BCUT2D eigenvalue weighted by atomic mass is 19.4. The van der Waals surface area contributed by atoms with Crippen LogP contribution >= 0.6 is 0 Å². The van der Waals surface area contributed by atoms with Crippen LogP contribution in [0.1, 0.15) is 27.3 Å². The van der Waals surface area contributed by atoms with Gasteiger partial charge < -0.3 is 14.8 Å². The molecule has 0 unspecified atom stereocenters. The van der Waals surface area contributed by atoms with Gasteiger partial charge in [0, 0.05) is 25.5 Å². The first-order valence-corrected chi connectivity index (χ1v) is 8.51. The van der Waals surface area contributed by atoms with E-state index in [1.807, 2.05) is 38.1 Å². The molecule has 0 aliphatic heterocycles. The van der Waals surface area contributed by atoms with Gasteiger partial charge in [0.1, 0.15) is 5.52 Å². The minimum Gasteiger partial charge on any atom is -0.323 e. The van der Waals surface area contributed by atoms with Gasteiger partial charge >= 0.3 is 6.18 Å². The minimum absolute atomic E-state index is 0.0139. The fourth-order valence-corrected chi connectivity index (χ4v) is 3.08. The molecule has 0 saturated carbocycles. The number of aryl methyl sites for hydroxylation is 2. The van der Waals surface area contributed by atoms with E-state index >= 15 is 0 Å². The molecular formula is C19H20F3N5O. The highest BCUT2D eigenvalue weighted by molar-refractivity contribution is 6.11. The number of carbonyl (C=O) groups is 1. The Balaban J connectivity index is 1.94. The molecule has 0 aliphatic carbocycles. The van der Waals surface area contributed by atoms with Crippen LogP contribution in [-0.4, -0.2) is 39.4 Å². The van der Waals surface area contributed by atoms with Crippen LogP contribution in [0.5, 0.6) is 0 Å². The predicted octanol–water partition coefficient (Wildman–Crippen LogP) is 3.61. The quantitative estimate of drug-likeness (QED) is 0.738. The molecule has 0 fully saturated rings. The third-order valence-corrected chi connectivity index (χ3v) is 4.36. The van der Waals surface area contributed by atoms with Gasteiger partial charge in [0.25, 0.3) is 5.91 Å². The van der Waals surface area contributed by atoms with Gasteiger partial charge in [0.2, 0.25) is 5.82 Å². The van der Waals surface area contributed by atoms with Gasteiger partial charge in [-0.25, -0.2) is 4.98 Å². The van der Waals surface area contributed by atoms with E-state index in [4.69, 9.17) is 0 Å². The first-order chi connectivity index (χ1) is 13.1. The van der Waals surface area contributed by atoms with Gasteiger partial charge in [-0.2, -0.15) is 13.2 Å². The van der Waals surface area contributed by atoms with Crippen molar-refractivity contribution in [2.75, 3.05) is 19.4 Å². The molecule has 148 valence electrons. The predicted molar refractivity (Wildman–Crippen MR) is 100 cm³/mol. The van der Waals surface area contributed by atoms with Crippen molar-refractivity contribution in [3.8, 4) is 0 Å². The Bertz CT molecular complexity index is 1040. The van der Waals surface area contributed by atoms with E-state index in [0.29, 0.717) is 5.69 Å². The van der Waals surface area contributed by atoms with Gasteiger partial charge in [-0.3, -0.25) is 9.78 Å².